The SMILES string of the molecule is C=CC(=O)N1CCN(c2c(C#N)c(=O)n(-c3c(C)ccnc3C(C)C)c3nc(-c4c(N)c(Cl)c(F)c(Cl)c4F)c(Cl)cc23)CC1.C=CC(=O)N1CCN(c2c(C#N)c(=O)n(-c3c(C)ccnc3C(C)C)c3nc(-c4c(N)c(F)c(F)c(F)c4F)c(Cl)cc23)CC1. The monoisotopic (exact) mass is 1310 g/mol. The Labute approximate surface area is 530 Å². The van der Waals surface area contributed by atoms with Crippen LogP contribution in [0.4, 0.5) is 49.1 Å². The highest BCUT2D eigenvalue weighted by Crippen LogP contribution is 2.46. The molecule has 2 amide bonds. The van der Waals surface area contributed by atoms with Crippen molar-refractivity contribution in [1.29, 1.82) is 10.5 Å². The van der Waals surface area contributed by atoms with Crippen molar-refractivity contribution in [3.8, 4) is 46.0 Å². The zero-order chi connectivity index (χ0) is 65.8. The Morgan fingerprint density at radius 1 is 0.567 bits per heavy atom. The van der Waals surface area contributed by atoms with Gasteiger partial charge in [-0.3, -0.25) is 38.3 Å². The van der Waals surface area contributed by atoms with Gasteiger partial charge in [0.1, 0.15) is 44.6 Å². The molecule has 0 unspecified atom stereocenters. The third kappa shape index (κ3) is 11.2. The molecule has 2 aliphatic rings. The summed E-state index contributed by atoms with van der Waals surface area (Å²) in [5.41, 5.74) is 9.24. The summed E-state index contributed by atoms with van der Waals surface area (Å²) in [5, 5.41) is 19.2. The quantitative estimate of drug-likeness (QED) is 0.0425. The van der Waals surface area contributed by atoms with Crippen LogP contribution in [0.3, 0.4) is 0 Å². The van der Waals surface area contributed by atoms with Gasteiger partial charge in [0.05, 0.1) is 78.1 Å². The van der Waals surface area contributed by atoms with Gasteiger partial charge < -0.3 is 31.1 Å². The molecule has 0 spiro atoms. The number of amides is 2. The molecule has 10 rings (SSSR count). The number of nitrogens with two attached hydrogens (primary N) is 2. The van der Waals surface area contributed by atoms with E-state index in [1.54, 1.807) is 58.0 Å². The van der Waals surface area contributed by atoms with Crippen molar-refractivity contribution < 1.29 is 35.9 Å². The van der Waals surface area contributed by atoms with Crippen LogP contribution in [-0.4, -0.2) is 103 Å². The molecule has 2 aromatic carbocycles. The number of halogens is 10. The van der Waals surface area contributed by atoms with Gasteiger partial charge in [-0.25, -0.2) is 36.3 Å². The van der Waals surface area contributed by atoms with E-state index in [1.165, 1.54) is 28.9 Å². The summed E-state index contributed by atoms with van der Waals surface area (Å²) in [6, 6.07) is 10.1. The van der Waals surface area contributed by atoms with Crippen molar-refractivity contribution in [1.82, 2.24) is 38.9 Å². The molecule has 0 radical (unpaired) electrons. The lowest BCUT2D eigenvalue weighted by molar-refractivity contribution is -0.127. The summed E-state index contributed by atoms with van der Waals surface area (Å²) < 4.78 is 90.6. The minimum Gasteiger partial charge on any atom is -0.397 e. The number of nitrogen functional groups attached to an aromatic ring is 2. The highest BCUT2D eigenvalue weighted by atomic mass is 35.5. The predicted octanol–water partition coefficient (Wildman–Crippen LogP) is 11.8. The summed E-state index contributed by atoms with van der Waals surface area (Å²) in [6.45, 7) is 20.1. The molecule has 2 aliphatic heterocycles. The molecule has 0 saturated carbocycles. The van der Waals surface area contributed by atoms with Gasteiger partial charge in [-0.2, -0.15) is 10.5 Å². The summed E-state index contributed by atoms with van der Waals surface area (Å²) in [6.07, 6.45) is 5.58. The number of benzene rings is 2. The van der Waals surface area contributed by atoms with E-state index in [9.17, 15) is 47.3 Å². The van der Waals surface area contributed by atoms with Gasteiger partial charge in [0.15, 0.2) is 34.9 Å². The van der Waals surface area contributed by atoms with Crippen LogP contribution in [0.2, 0.25) is 20.1 Å². The van der Waals surface area contributed by atoms with E-state index in [1.807, 2.05) is 33.8 Å². The Hall–Kier alpha value is -9.20. The van der Waals surface area contributed by atoms with E-state index in [0.29, 0.717) is 46.7 Å². The number of anilines is 4. The molecule has 28 heteroatoms. The number of fused-ring (bicyclic) bond motifs is 2. The normalized spacial score (nSPS) is 13.4. The Kier molecular flexibility index (Phi) is 18.6. The molecule has 90 heavy (non-hydrogen) atoms. The van der Waals surface area contributed by atoms with Crippen LogP contribution < -0.4 is 32.4 Å². The lowest BCUT2D eigenvalue weighted by atomic mass is 10.0. The molecular weight excluding hydrogens is 1260 g/mol. The molecule has 2 fully saturated rings. The van der Waals surface area contributed by atoms with Gasteiger partial charge in [0.2, 0.25) is 11.8 Å². The first-order valence-corrected chi connectivity index (χ1v) is 29.0. The van der Waals surface area contributed by atoms with E-state index in [4.69, 9.17) is 57.9 Å². The zero-order valence-electron chi connectivity index (χ0n) is 48.8. The maximum absolute atomic E-state index is 15.5. The maximum atomic E-state index is 15.5. The van der Waals surface area contributed by atoms with Crippen molar-refractivity contribution in [3.63, 3.8) is 0 Å². The number of hydrogen-bond acceptors (Lipinski definition) is 14. The molecule has 6 aromatic heterocycles. The third-order valence-electron chi connectivity index (χ3n) is 15.5. The minimum atomic E-state index is -2.12. The topological polar surface area (TPSA) is 242 Å². The van der Waals surface area contributed by atoms with Crippen LogP contribution in [0.1, 0.15) is 73.2 Å². The number of hydrogen-bond donors (Lipinski definition) is 2. The maximum Gasteiger partial charge on any atom is 0.276 e. The molecule has 0 aliphatic carbocycles. The average Bonchev–Trinajstić information content (AvgIpc) is 0.747. The van der Waals surface area contributed by atoms with Crippen LogP contribution in [0, 0.1) is 71.4 Å². The third-order valence-corrected chi connectivity index (χ3v) is 16.7. The molecule has 8 heterocycles. The fraction of sp³-hybridized carbons (Fsp3) is 0.258. The molecule has 8 aromatic rings. The number of aromatic nitrogens is 6. The second-order valence-corrected chi connectivity index (χ2v) is 23.1. The van der Waals surface area contributed by atoms with Gasteiger partial charge in [-0.1, -0.05) is 87.3 Å². The standard InChI is InChI=1S/C31H26Cl3F2N7O2.C31H26ClF4N7O2/c1-5-19(44)41-8-10-42(11-9-41)29-16-12-18(32)27(20-23(35)21(33)24(36)22(34)25(20)38)40-30(16)43(31(45)17(29)13-37)28-15(4)6-7-39-26(28)14(2)3;1-5-19(44)41-8-10-42(11-9-41)29-16-12-18(32)27(20-21(33)22(34)23(35)24(36)25(20)38)40-30(16)43(31(45)17(29)13-37)28-15(4)6-7-39-26(28)14(2)3/h2*5-7,12,14H,1,8-11,38H2,2-4H3. The van der Waals surface area contributed by atoms with Gasteiger partial charge in [0, 0.05) is 75.5 Å². The Morgan fingerprint density at radius 3 is 1.31 bits per heavy atom. The van der Waals surface area contributed by atoms with E-state index in [-0.39, 0.29) is 124 Å². The van der Waals surface area contributed by atoms with E-state index in [2.05, 4.69) is 39.2 Å². The second kappa shape index (κ2) is 25.7. The van der Waals surface area contributed by atoms with Crippen molar-refractivity contribution in [3.05, 3.63) is 171 Å². The first-order chi connectivity index (χ1) is 42.7. The second-order valence-electron chi connectivity index (χ2n) is 21.5. The zero-order valence-corrected chi connectivity index (χ0v) is 51.8. The van der Waals surface area contributed by atoms with Gasteiger partial charge >= 0.3 is 0 Å². The lowest BCUT2D eigenvalue weighted by Crippen LogP contribution is -2.49. The van der Waals surface area contributed by atoms with Crippen LogP contribution in [-0.2, 0) is 9.59 Å². The molecule has 464 valence electrons. The average molecular weight is 1310 g/mol. The summed E-state index contributed by atoms with van der Waals surface area (Å²) in [4.78, 5) is 77.9. The summed E-state index contributed by atoms with van der Waals surface area (Å²) in [5.74, 6) is -11.3. The van der Waals surface area contributed by atoms with Crippen molar-refractivity contribution in [2.45, 2.75) is 53.4 Å². The molecule has 0 atom stereocenters. The largest absolute Gasteiger partial charge is 0.397 e. The van der Waals surface area contributed by atoms with Gasteiger partial charge in [-0.05, 0) is 73.2 Å². The highest BCUT2D eigenvalue weighted by Gasteiger charge is 2.35. The number of carbonyl (C=O) groups is 2. The van der Waals surface area contributed by atoms with Crippen LogP contribution in [0.25, 0.3) is 56.0 Å². The molecule has 18 nitrogen and oxygen atoms in total. The summed E-state index contributed by atoms with van der Waals surface area (Å²) >= 11 is 25.3. The van der Waals surface area contributed by atoms with Crippen LogP contribution >= 0.6 is 46.4 Å². The summed E-state index contributed by atoms with van der Waals surface area (Å²) in [7, 11) is 0. The molecule has 2 saturated heterocycles. The van der Waals surface area contributed by atoms with Crippen LogP contribution in [0.5, 0.6) is 0 Å². The Balaban J connectivity index is 0.000000213. The van der Waals surface area contributed by atoms with E-state index < -0.39 is 84.3 Å². The number of rotatable bonds is 10. The first-order valence-electron chi connectivity index (χ1n) is 27.5. The van der Waals surface area contributed by atoms with Gasteiger partial charge in [-0.15, -0.1) is 0 Å². The highest BCUT2D eigenvalue weighted by molar-refractivity contribution is 6.38. The number of pyridine rings is 6. The Morgan fingerprint density at radius 2 is 0.944 bits per heavy atom. The molecular formula is C62H52Cl4F6N14O4. The number of nitriles is 2. The van der Waals surface area contributed by atoms with Gasteiger partial charge in [0.25, 0.3) is 11.1 Å². The lowest BCUT2D eigenvalue weighted by Gasteiger charge is -2.36. The smallest absolute Gasteiger partial charge is 0.276 e. The molecule has 0 bridgehead atoms. The fourth-order valence-electron chi connectivity index (χ4n) is 11.0. The minimum absolute atomic E-state index is 0.00590. The van der Waals surface area contributed by atoms with E-state index >= 15 is 8.78 Å². The van der Waals surface area contributed by atoms with Crippen molar-refractivity contribution in [2.75, 3.05) is 73.6 Å². The Bertz CT molecular complexity index is 4260. The van der Waals surface area contributed by atoms with Crippen molar-refractivity contribution >= 4 is 103 Å². The number of aryl methyl sites for hydroxylation is 2. The predicted molar refractivity (Wildman–Crippen MR) is 335 cm³/mol. The number of piperazine rings is 2. The van der Waals surface area contributed by atoms with Crippen LogP contribution in [0.15, 0.2) is 71.6 Å². The fourth-order valence-corrected chi connectivity index (χ4v) is 12.0. The molecule has 4 N–H and O–H groups in total. The van der Waals surface area contributed by atoms with E-state index in [0.717, 1.165) is 4.57 Å². The van der Waals surface area contributed by atoms with Crippen molar-refractivity contribution in [2.24, 2.45) is 0 Å². The number of carbonyl (C=O) groups excluding carboxylic acids is 2. The number of nitrogens with zero attached hydrogens (tertiary/aromatic N) is 12. The first kappa shape index (κ1) is 65.3.